The maximum Gasteiger partial charge on any atom is 0.326 e. The Morgan fingerprint density at radius 3 is 1.97 bits per heavy atom. The number of rotatable bonds is 11. The molecule has 0 aliphatic carbocycles. The molecular weight excluding hydrogens is 466 g/mol. The van der Waals surface area contributed by atoms with Crippen molar-refractivity contribution in [3.8, 4) is 0 Å². The van der Waals surface area contributed by atoms with Crippen LogP contribution in [0.3, 0.4) is 0 Å². The highest BCUT2D eigenvalue weighted by Crippen LogP contribution is 2.25. The Labute approximate surface area is 206 Å². The number of nitrogens with zero attached hydrogens (tertiary/aromatic N) is 1. The maximum atomic E-state index is 13.0. The van der Waals surface area contributed by atoms with Crippen LogP contribution in [0, 0.1) is 10.1 Å². The number of hydrogen-bond acceptors (Lipinski definition) is 7. The van der Waals surface area contributed by atoms with Gasteiger partial charge < -0.3 is 15.4 Å². The van der Waals surface area contributed by atoms with E-state index in [1.54, 1.807) is 54.6 Å². The fourth-order valence-corrected chi connectivity index (χ4v) is 3.23. The number of nitrogens with one attached hydrogen (secondary N) is 2. The number of nitro groups is 1. The van der Waals surface area contributed by atoms with Crippen LogP contribution in [-0.4, -0.2) is 41.6 Å². The van der Waals surface area contributed by atoms with Crippen molar-refractivity contribution in [2.24, 2.45) is 0 Å². The van der Waals surface area contributed by atoms with Gasteiger partial charge in [0.05, 0.1) is 17.9 Å². The van der Waals surface area contributed by atoms with Crippen molar-refractivity contribution < 1.29 is 28.8 Å². The van der Waals surface area contributed by atoms with Crippen LogP contribution in [0.1, 0.15) is 27.6 Å². The summed E-state index contributed by atoms with van der Waals surface area (Å²) in [5.41, 5.74) is 1.12. The van der Waals surface area contributed by atoms with Gasteiger partial charge in [-0.2, -0.15) is 0 Å². The minimum Gasteiger partial charge on any atom is -0.448 e. The van der Waals surface area contributed by atoms with E-state index >= 15 is 0 Å². The van der Waals surface area contributed by atoms with Gasteiger partial charge in [0.2, 0.25) is 17.6 Å². The van der Waals surface area contributed by atoms with Crippen molar-refractivity contribution >= 4 is 29.3 Å². The van der Waals surface area contributed by atoms with Crippen LogP contribution in [0.25, 0.3) is 0 Å². The van der Waals surface area contributed by atoms with Gasteiger partial charge in [-0.05, 0) is 17.7 Å². The van der Waals surface area contributed by atoms with Crippen LogP contribution < -0.4 is 10.6 Å². The maximum absolute atomic E-state index is 13.0. The summed E-state index contributed by atoms with van der Waals surface area (Å²) in [6.45, 7) is -0.882. The first-order valence-electron chi connectivity index (χ1n) is 10.9. The first-order chi connectivity index (χ1) is 17.3. The molecule has 1 atom stereocenters. The Bertz CT molecular complexity index is 1230. The Morgan fingerprint density at radius 2 is 1.36 bits per heavy atom. The number of esters is 1. The zero-order chi connectivity index (χ0) is 25.9. The second-order valence-electron chi connectivity index (χ2n) is 7.66. The first kappa shape index (κ1) is 25.8. The molecule has 0 saturated carbocycles. The zero-order valence-corrected chi connectivity index (χ0v) is 19.1. The number of Topliss-reactive ketones (excluding diaryl/α,β-unsaturated/α-hetero) is 1. The van der Waals surface area contributed by atoms with E-state index in [2.05, 4.69) is 10.6 Å². The van der Waals surface area contributed by atoms with E-state index in [9.17, 15) is 29.3 Å². The Hall–Kier alpha value is -4.86. The van der Waals surface area contributed by atoms with Crippen LogP contribution in [0.5, 0.6) is 0 Å². The van der Waals surface area contributed by atoms with E-state index in [0.717, 1.165) is 5.56 Å². The van der Waals surface area contributed by atoms with E-state index in [4.69, 9.17) is 4.74 Å². The molecule has 184 valence electrons. The number of carbonyl (C=O) groups is 4. The van der Waals surface area contributed by atoms with Gasteiger partial charge in [-0.25, -0.2) is 0 Å². The van der Waals surface area contributed by atoms with Crippen LogP contribution >= 0.6 is 0 Å². The molecule has 0 bridgehead atoms. The second kappa shape index (κ2) is 12.6. The molecule has 10 heteroatoms. The van der Waals surface area contributed by atoms with Gasteiger partial charge in [0, 0.05) is 23.3 Å². The molecular formula is C26H23N3O7. The number of benzene rings is 3. The SMILES string of the molecule is O=C(CNC(=O)Cc1ccccc1)NCC(=O)O[C@H](C(=O)c1ccccc1)c1ccc([N+](=O)[O-])cc1. The summed E-state index contributed by atoms with van der Waals surface area (Å²) in [5.74, 6) is -2.40. The second-order valence-corrected chi connectivity index (χ2v) is 7.66. The Balaban J connectivity index is 1.57. The van der Waals surface area contributed by atoms with Gasteiger partial charge in [-0.15, -0.1) is 0 Å². The largest absolute Gasteiger partial charge is 0.448 e. The first-order valence-corrected chi connectivity index (χ1v) is 10.9. The summed E-state index contributed by atoms with van der Waals surface area (Å²) in [5, 5.41) is 15.7. The molecule has 3 aromatic rings. The average molecular weight is 489 g/mol. The molecule has 3 rings (SSSR count). The normalized spacial score (nSPS) is 11.1. The predicted octanol–water partition coefficient (Wildman–Crippen LogP) is 2.54. The zero-order valence-electron chi connectivity index (χ0n) is 19.1. The number of carbonyl (C=O) groups excluding carboxylic acids is 4. The highest BCUT2D eigenvalue weighted by molar-refractivity contribution is 6.01. The van der Waals surface area contributed by atoms with Crippen molar-refractivity contribution in [3.05, 3.63) is 112 Å². The standard InChI is InChI=1S/C26H23N3O7/c30-22(15-18-7-3-1-4-8-18)27-16-23(31)28-17-24(32)36-26(25(33)19-9-5-2-6-10-19)20-11-13-21(14-12-20)29(34)35/h1-14,26H,15-17H2,(H,27,30)(H,28,31)/t26-/m0/s1. The lowest BCUT2D eigenvalue weighted by Crippen LogP contribution is -2.40. The number of hydrogen-bond donors (Lipinski definition) is 2. The molecule has 0 aliphatic rings. The lowest BCUT2D eigenvalue weighted by atomic mass is 9.99. The lowest BCUT2D eigenvalue weighted by molar-refractivity contribution is -0.384. The van der Waals surface area contributed by atoms with E-state index in [1.165, 1.54) is 24.3 Å². The summed E-state index contributed by atoms with van der Waals surface area (Å²) >= 11 is 0. The molecule has 0 aromatic heterocycles. The van der Waals surface area contributed by atoms with Gasteiger partial charge in [-0.1, -0.05) is 60.7 Å². The molecule has 0 spiro atoms. The monoisotopic (exact) mass is 489 g/mol. The highest BCUT2D eigenvalue weighted by atomic mass is 16.6. The molecule has 0 aliphatic heterocycles. The summed E-state index contributed by atoms with van der Waals surface area (Å²) in [4.78, 5) is 59.8. The molecule has 2 N–H and O–H groups in total. The molecule has 2 amide bonds. The van der Waals surface area contributed by atoms with Gasteiger partial charge in [0.25, 0.3) is 5.69 Å². The van der Waals surface area contributed by atoms with Crippen LogP contribution in [0.15, 0.2) is 84.9 Å². The third-order valence-electron chi connectivity index (χ3n) is 5.04. The number of ether oxygens (including phenoxy) is 1. The quantitative estimate of drug-likeness (QED) is 0.182. The van der Waals surface area contributed by atoms with Crippen molar-refractivity contribution in [1.82, 2.24) is 10.6 Å². The highest BCUT2D eigenvalue weighted by Gasteiger charge is 2.27. The predicted molar refractivity (Wildman–Crippen MR) is 129 cm³/mol. The van der Waals surface area contributed by atoms with Gasteiger partial charge in [0.15, 0.2) is 6.10 Å². The van der Waals surface area contributed by atoms with Crippen LogP contribution in [0.2, 0.25) is 0 Å². The Kier molecular flexibility index (Phi) is 8.99. The molecule has 10 nitrogen and oxygen atoms in total. The lowest BCUT2D eigenvalue weighted by Gasteiger charge is -2.18. The summed E-state index contributed by atoms with van der Waals surface area (Å²) in [6, 6.07) is 22.2. The molecule has 0 fully saturated rings. The summed E-state index contributed by atoms with van der Waals surface area (Å²) in [6.07, 6.45) is -1.27. The van der Waals surface area contributed by atoms with Crippen molar-refractivity contribution in [2.45, 2.75) is 12.5 Å². The number of amides is 2. The Morgan fingerprint density at radius 1 is 0.778 bits per heavy atom. The minimum absolute atomic E-state index is 0.106. The van der Waals surface area contributed by atoms with Crippen molar-refractivity contribution in [1.29, 1.82) is 0 Å². The van der Waals surface area contributed by atoms with E-state index in [0.29, 0.717) is 0 Å². The van der Waals surface area contributed by atoms with Crippen LogP contribution in [-0.2, 0) is 25.5 Å². The fourth-order valence-electron chi connectivity index (χ4n) is 3.23. The molecule has 0 saturated heterocycles. The minimum atomic E-state index is -1.37. The molecule has 0 unspecified atom stereocenters. The van der Waals surface area contributed by atoms with E-state index in [1.807, 2.05) is 6.07 Å². The smallest absolute Gasteiger partial charge is 0.326 e. The number of ketones is 1. The third-order valence-corrected chi connectivity index (χ3v) is 5.04. The topological polar surface area (TPSA) is 145 Å². The summed E-state index contributed by atoms with van der Waals surface area (Å²) in [7, 11) is 0. The fraction of sp³-hybridized carbons (Fsp3) is 0.154. The third kappa shape index (κ3) is 7.59. The molecule has 0 heterocycles. The molecule has 3 aromatic carbocycles. The van der Waals surface area contributed by atoms with Gasteiger partial charge in [0.1, 0.15) is 6.54 Å². The molecule has 0 radical (unpaired) electrons. The van der Waals surface area contributed by atoms with E-state index < -0.39 is 35.2 Å². The summed E-state index contributed by atoms with van der Waals surface area (Å²) < 4.78 is 5.35. The number of non-ortho nitro benzene ring substituents is 1. The van der Waals surface area contributed by atoms with Crippen molar-refractivity contribution in [3.63, 3.8) is 0 Å². The van der Waals surface area contributed by atoms with E-state index in [-0.39, 0.29) is 35.7 Å². The van der Waals surface area contributed by atoms with Gasteiger partial charge >= 0.3 is 5.97 Å². The van der Waals surface area contributed by atoms with Crippen molar-refractivity contribution in [2.75, 3.05) is 13.1 Å². The number of nitro benzene ring substituents is 1. The molecule has 36 heavy (non-hydrogen) atoms. The average Bonchev–Trinajstić information content (AvgIpc) is 2.90. The van der Waals surface area contributed by atoms with Gasteiger partial charge in [-0.3, -0.25) is 29.3 Å². The van der Waals surface area contributed by atoms with Crippen LogP contribution in [0.4, 0.5) is 5.69 Å².